The minimum absolute atomic E-state index is 0.0891. The van der Waals surface area contributed by atoms with Crippen LogP contribution in [0.25, 0.3) is 10.9 Å². The smallest absolute Gasteiger partial charge is 0.277 e. The summed E-state index contributed by atoms with van der Waals surface area (Å²) in [4.78, 5) is 24.1. The molecule has 0 saturated carbocycles. The number of aryl methyl sites for hydroxylation is 1. The predicted molar refractivity (Wildman–Crippen MR) is 80.4 cm³/mol. The summed E-state index contributed by atoms with van der Waals surface area (Å²) in [6.07, 6.45) is 1.19. The number of aromatic nitrogens is 3. The first-order valence-corrected chi connectivity index (χ1v) is 7.41. The average Bonchev–Trinajstić information content (AvgIpc) is 3.06. The topological polar surface area (TPSA) is 86.1 Å². The third-order valence-electron chi connectivity index (χ3n) is 3.79. The van der Waals surface area contributed by atoms with E-state index in [-0.39, 0.29) is 24.4 Å². The molecule has 3 rings (SSSR count). The fraction of sp³-hybridized carbons (Fsp3) is 0.467. The standard InChI is InChI=1S/C15H18N4O3/c20-14(16-9-11-6-8-22-10-11)5-7-19-15(21)12-3-1-2-4-13(12)17-18-19/h1-4,11H,5-10H2,(H,16,20)/t11-/m1/s1. The highest BCUT2D eigenvalue weighted by atomic mass is 16.5. The van der Waals surface area contributed by atoms with E-state index < -0.39 is 0 Å². The van der Waals surface area contributed by atoms with Crippen LogP contribution in [-0.4, -0.2) is 40.7 Å². The van der Waals surface area contributed by atoms with E-state index in [1.165, 1.54) is 4.68 Å². The molecule has 1 saturated heterocycles. The molecule has 116 valence electrons. The molecule has 1 fully saturated rings. The van der Waals surface area contributed by atoms with Crippen LogP contribution in [0.4, 0.5) is 0 Å². The molecule has 2 heterocycles. The molecule has 0 radical (unpaired) electrons. The zero-order valence-electron chi connectivity index (χ0n) is 12.2. The zero-order chi connectivity index (χ0) is 15.4. The molecule has 7 nitrogen and oxygen atoms in total. The number of nitrogens with zero attached hydrogens (tertiary/aromatic N) is 3. The number of fused-ring (bicyclic) bond motifs is 1. The number of carbonyl (C=O) groups excluding carboxylic acids is 1. The fourth-order valence-corrected chi connectivity index (χ4v) is 2.47. The minimum Gasteiger partial charge on any atom is -0.381 e. The lowest BCUT2D eigenvalue weighted by Crippen LogP contribution is -2.32. The Kier molecular flexibility index (Phi) is 4.43. The maximum Gasteiger partial charge on any atom is 0.277 e. The van der Waals surface area contributed by atoms with E-state index in [9.17, 15) is 9.59 Å². The molecule has 0 bridgehead atoms. The summed E-state index contributed by atoms with van der Waals surface area (Å²) in [6, 6.07) is 7.04. The average molecular weight is 302 g/mol. The highest BCUT2D eigenvalue weighted by molar-refractivity contribution is 5.77. The van der Waals surface area contributed by atoms with Gasteiger partial charge in [0, 0.05) is 25.5 Å². The van der Waals surface area contributed by atoms with Crippen molar-refractivity contribution in [1.29, 1.82) is 0 Å². The first kappa shape index (κ1) is 14.6. The van der Waals surface area contributed by atoms with Crippen LogP contribution in [0, 0.1) is 5.92 Å². The first-order valence-electron chi connectivity index (χ1n) is 7.41. The summed E-state index contributed by atoms with van der Waals surface area (Å²) in [6.45, 7) is 2.32. The molecule has 1 amide bonds. The Hall–Kier alpha value is -2.28. The number of rotatable bonds is 5. The third kappa shape index (κ3) is 3.30. The largest absolute Gasteiger partial charge is 0.381 e. The summed E-state index contributed by atoms with van der Waals surface area (Å²) < 4.78 is 6.50. The molecule has 1 N–H and O–H groups in total. The Bertz CT molecular complexity index is 722. The normalized spacial score (nSPS) is 17.7. The number of amides is 1. The Balaban J connectivity index is 1.58. The van der Waals surface area contributed by atoms with Gasteiger partial charge in [0.25, 0.3) is 5.56 Å². The predicted octanol–water partition coefficient (Wildman–Crippen LogP) is 0.334. The number of carbonyl (C=O) groups is 1. The van der Waals surface area contributed by atoms with E-state index in [1.54, 1.807) is 24.3 Å². The minimum atomic E-state index is -0.220. The van der Waals surface area contributed by atoms with Gasteiger partial charge < -0.3 is 10.1 Å². The molecule has 1 aliphatic heterocycles. The summed E-state index contributed by atoms with van der Waals surface area (Å²) in [5, 5.41) is 11.2. The molecule has 0 unspecified atom stereocenters. The van der Waals surface area contributed by atoms with Gasteiger partial charge in [0.2, 0.25) is 5.91 Å². The lowest BCUT2D eigenvalue weighted by atomic mass is 10.1. The highest BCUT2D eigenvalue weighted by Gasteiger charge is 2.16. The van der Waals surface area contributed by atoms with Gasteiger partial charge in [-0.2, -0.15) is 0 Å². The van der Waals surface area contributed by atoms with Crippen molar-refractivity contribution < 1.29 is 9.53 Å². The molecule has 1 aromatic carbocycles. The maximum absolute atomic E-state index is 12.2. The van der Waals surface area contributed by atoms with E-state index in [1.807, 2.05) is 0 Å². The summed E-state index contributed by atoms with van der Waals surface area (Å²) >= 11 is 0. The van der Waals surface area contributed by atoms with Crippen LogP contribution in [0.2, 0.25) is 0 Å². The maximum atomic E-state index is 12.2. The van der Waals surface area contributed by atoms with E-state index in [0.29, 0.717) is 30.0 Å². The van der Waals surface area contributed by atoms with Gasteiger partial charge >= 0.3 is 0 Å². The molecule has 7 heteroatoms. The van der Waals surface area contributed by atoms with E-state index >= 15 is 0 Å². The van der Waals surface area contributed by atoms with Crippen molar-refractivity contribution in [3.8, 4) is 0 Å². The molecule has 0 aliphatic carbocycles. The lowest BCUT2D eigenvalue weighted by Gasteiger charge is -2.09. The van der Waals surface area contributed by atoms with Crippen LogP contribution in [-0.2, 0) is 16.1 Å². The number of hydrogen-bond donors (Lipinski definition) is 1. The molecular weight excluding hydrogens is 284 g/mol. The molecule has 22 heavy (non-hydrogen) atoms. The quantitative estimate of drug-likeness (QED) is 0.860. The molecule has 1 aliphatic rings. The van der Waals surface area contributed by atoms with Gasteiger partial charge in [0.15, 0.2) is 0 Å². The van der Waals surface area contributed by atoms with Crippen LogP contribution < -0.4 is 10.9 Å². The van der Waals surface area contributed by atoms with Gasteiger partial charge in [0.05, 0.1) is 18.5 Å². The van der Waals surface area contributed by atoms with Crippen LogP contribution in [0.15, 0.2) is 29.1 Å². The van der Waals surface area contributed by atoms with Gasteiger partial charge in [-0.05, 0) is 18.6 Å². The van der Waals surface area contributed by atoms with Crippen molar-refractivity contribution in [2.75, 3.05) is 19.8 Å². The lowest BCUT2D eigenvalue weighted by molar-refractivity contribution is -0.121. The van der Waals surface area contributed by atoms with Crippen molar-refractivity contribution in [2.45, 2.75) is 19.4 Å². The van der Waals surface area contributed by atoms with Crippen LogP contribution in [0.1, 0.15) is 12.8 Å². The van der Waals surface area contributed by atoms with Gasteiger partial charge in [-0.25, -0.2) is 4.68 Å². The van der Waals surface area contributed by atoms with E-state index in [2.05, 4.69) is 15.6 Å². The number of hydrogen-bond acceptors (Lipinski definition) is 5. The SMILES string of the molecule is O=C(CCn1nnc2ccccc2c1=O)NC[C@H]1CCOC1. The molecule has 0 spiro atoms. The van der Waals surface area contributed by atoms with Crippen LogP contribution in [0.3, 0.4) is 0 Å². The molecule has 1 atom stereocenters. The van der Waals surface area contributed by atoms with Crippen molar-refractivity contribution in [3.05, 3.63) is 34.6 Å². The Morgan fingerprint density at radius 2 is 2.27 bits per heavy atom. The first-order chi connectivity index (χ1) is 10.7. The van der Waals surface area contributed by atoms with Crippen molar-refractivity contribution in [1.82, 2.24) is 20.3 Å². The van der Waals surface area contributed by atoms with Crippen molar-refractivity contribution >= 4 is 16.8 Å². The van der Waals surface area contributed by atoms with Crippen molar-refractivity contribution in [2.24, 2.45) is 5.92 Å². The Morgan fingerprint density at radius 1 is 1.41 bits per heavy atom. The van der Waals surface area contributed by atoms with Crippen LogP contribution >= 0.6 is 0 Å². The molecule has 2 aromatic rings. The van der Waals surface area contributed by atoms with Crippen molar-refractivity contribution in [3.63, 3.8) is 0 Å². The van der Waals surface area contributed by atoms with Gasteiger partial charge in [-0.3, -0.25) is 9.59 Å². The summed E-state index contributed by atoms with van der Waals surface area (Å²) in [5.41, 5.74) is 0.344. The van der Waals surface area contributed by atoms with E-state index in [4.69, 9.17) is 4.74 Å². The molecular formula is C15H18N4O3. The van der Waals surface area contributed by atoms with Gasteiger partial charge in [0.1, 0.15) is 5.52 Å². The van der Waals surface area contributed by atoms with Gasteiger partial charge in [-0.15, -0.1) is 5.10 Å². The second-order valence-electron chi connectivity index (χ2n) is 5.42. The van der Waals surface area contributed by atoms with Crippen LogP contribution in [0.5, 0.6) is 0 Å². The summed E-state index contributed by atoms with van der Waals surface area (Å²) in [7, 11) is 0. The summed E-state index contributed by atoms with van der Waals surface area (Å²) in [5.74, 6) is 0.306. The second-order valence-corrected chi connectivity index (χ2v) is 5.42. The Labute approximate surface area is 127 Å². The number of benzene rings is 1. The Morgan fingerprint density at radius 3 is 3.09 bits per heavy atom. The van der Waals surface area contributed by atoms with E-state index in [0.717, 1.165) is 13.0 Å². The fourth-order valence-electron chi connectivity index (χ4n) is 2.47. The van der Waals surface area contributed by atoms with Gasteiger partial charge in [-0.1, -0.05) is 17.3 Å². The highest BCUT2D eigenvalue weighted by Crippen LogP contribution is 2.10. The third-order valence-corrected chi connectivity index (χ3v) is 3.79. The molecule has 1 aromatic heterocycles. The monoisotopic (exact) mass is 302 g/mol. The number of ether oxygens (including phenoxy) is 1. The number of nitrogens with one attached hydrogen (secondary N) is 1. The zero-order valence-corrected chi connectivity index (χ0v) is 12.2. The second kappa shape index (κ2) is 6.65.